The van der Waals surface area contributed by atoms with Gasteiger partial charge in [-0.3, -0.25) is 0 Å². The molecule has 0 aliphatic carbocycles. The molecule has 1 fully saturated rings. The number of aliphatic hydroxyl groups excluding tert-OH is 3. The maximum atomic E-state index is 12.2. The number of hydrogen-bond acceptors (Lipinski definition) is 7. The fourth-order valence-electron chi connectivity index (χ4n) is 2.75. The van der Waals surface area contributed by atoms with Crippen LogP contribution >= 0.6 is 0 Å². The van der Waals surface area contributed by atoms with Gasteiger partial charge < -0.3 is 29.5 Å². The van der Waals surface area contributed by atoms with E-state index in [2.05, 4.69) is 0 Å². The first-order chi connectivity index (χ1) is 13.1. The summed E-state index contributed by atoms with van der Waals surface area (Å²) in [5.74, 6) is -0.0374. The van der Waals surface area contributed by atoms with E-state index in [0.29, 0.717) is 12.4 Å². The summed E-state index contributed by atoms with van der Waals surface area (Å²) in [6.45, 7) is -0.114. The largest absolute Gasteiger partial charge is 0.489 e. The van der Waals surface area contributed by atoms with E-state index >= 15 is 0 Å². The second-order valence-corrected chi connectivity index (χ2v) is 6.28. The lowest BCUT2D eigenvalue weighted by Crippen LogP contribution is -2.55. The first-order valence-electron chi connectivity index (χ1n) is 8.65. The highest BCUT2D eigenvalue weighted by molar-refractivity contribution is 5.89. The summed E-state index contributed by atoms with van der Waals surface area (Å²) in [5, 5.41) is 28.9. The molecule has 27 heavy (non-hydrogen) atoms. The first-order valence-corrected chi connectivity index (χ1v) is 8.65. The van der Waals surface area contributed by atoms with Crippen molar-refractivity contribution < 1.29 is 34.3 Å². The van der Waals surface area contributed by atoms with E-state index < -0.39 is 37.0 Å². The van der Waals surface area contributed by atoms with E-state index in [1.54, 1.807) is 24.3 Å². The van der Waals surface area contributed by atoms with E-state index in [1.165, 1.54) is 0 Å². The van der Waals surface area contributed by atoms with E-state index in [-0.39, 0.29) is 12.2 Å². The third-order valence-corrected chi connectivity index (χ3v) is 4.36. The Hall–Kier alpha value is -2.45. The van der Waals surface area contributed by atoms with Crippen LogP contribution in [-0.4, -0.2) is 58.9 Å². The lowest BCUT2D eigenvalue weighted by atomic mass is 10.0. The molecule has 2 aromatic rings. The van der Waals surface area contributed by atoms with Crippen LogP contribution in [0.15, 0.2) is 54.6 Å². The number of carbonyl (C=O) groups is 1. The van der Waals surface area contributed by atoms with Gasteiger partial charge in [-0.05, 0) is 29.8 Å². The molecule has 7 heteroatoms. The van der Waals surface area contributed by atoms with Crippen LogP contribution in [-0.2, 0) is 16.1 Å². The van der Waals surface area contributed by atoms with Gasteiger partial charge in [-0.15, -0.1) is 0 Å². The molecule has 0 saturated carbocycles. The fraction of sp³-hybridized carbons (Fsp3) is 0.350. The third kappa shape index (κ3) is 4.84. The van der Waals surface area contributed by atoms with Crippen molar-refractivity contribution in [1.29, 1.82) is 0 Å². The summed E-state index contributed by atoms with van der Waals surface area (Å²) in [7, 11) is 0. The molecule has 3 N–H and O–H groups in total. The van der Waals surface area contributed by atoms with Crippen molar-refractivity contribution in [2.75, 3.05) is 13.2 Å². The molecular weight excluding hydrogens is 352 g/mol. The molecule has 0 spiro atoms. The van der Waals surface area contributed by atoms with Gasteiger partial charge in [-0.25, -0.2) is 4.79 Å². The maximum absolute atomic E-state index is 12.2. The van der Waals surface area contributed by atoms with Gasteiger partial charge in [0.25, 0.3) is 0 Å². The summed E-state index contributed by atoms with van der Waals surface area (Å²) in [5.41, 5.74) is 1.32. The average Bonchev–Trinajstić information content (AvgIpc) is 2.71. The molecule has 0 aromatic heterocycles. The normalized spacial score (nSPS) is 25.0. The highest BCUT2D eigenvalue weighted by atomic mass is 16.6. The zero-order valence-electron chi connectivity index (χ0n) is 14.6. The van der Waals surface area contributed by atoms with Crippen molar-refractivity contribution in [3.63, 3.8) is 0 Å². The summed E-state index contributed by atoms with van der Waals surface area (Å²) in [4.78, 5) is 12.2. The van der Waals surface area contributed by atoms with Gasteiger partial charge in [0.05, 0.1) is 18.8 Å². The Kier molecular flexibility index (Phi) is 6.41. The third-order valence-electron chi connectivity index (χ3n) is 4.36. The van der Waals surface area contributed by atoms with Gasteiger partial charge in [0.2, 0.25) is 0 Å². The number of hydrogen-bond donors (Lipinski definition) is 3. The lowest BCUT2D eigenvalue weighted by Gasteiger charge is -2.36. The zero-order valence-corrected chi connectivity index (χ0v) is 14.6. The molecule has 1 heterocycles. The van der Waals surface area contributed by atoms with Gasteiger partial charge in [0.1, 0.15) is 30.7 Å². The van der Waals surface area contributed by atoms with E-state index in [9.17, 15) is 15.0 Å². The average molecular weight is 374 g/mol. The maximum Gasteiger partial charge on any atom is 0.338 e. The van der Waals surface area contributed by atoms with Gasteiger partial charge in [0, 0.05) is 0 Å². The topological polar surface area (TPSA) is 105 Å². The minimum Gasteiger partial charge on any atom is -0.489 e. The minimum absolute atomic E-state index is 0.104. The molecule has 3 rings (SSSR count). The van der Waals surface area contributed by atoms with Crippen LogP contribution in [0.1, 0.15) is 15.9 Å². The molecule has 0 bridgehead atoms. The molecule has 4 atom stereocenters. The van der Waals surface area contributed by atoms with E-state index in [4.69, 9.17) is 19.3 Å². The molecule has 144 valence electrons. The Morgan fingerprint density at radius 1 is 1.04 bits per heavy atom. The molecule has 0 radical (unpaired) electrons. The molecule has 0 amide bonds. The van der Waals surface area contributed by atoms with Crippen molar-refractivity contribution >= 4 is 5.97 Å². The smallest absolute Gasteiger partial charge is 0.338 e. The molecule has 0 unspecified atom stereocenters. The van der Waals surface area contributed by atoms with Gasteiger partial charge in [0.15, 0.2) is 6.10 Å². The van der Waals surface area contributed by atoms with Crippen molar-refractivity contribution in [1.82, 2.24) is 0 Å². The quantitative estimate of drug-likeness (QED) is 0.645. The Balaban J connectivity index is 1.54. The Labute approximate surface area is 156 Å². The SMILES string of the molecule is O=C(O[C@H]1CO[C@H](CO)[C@@H](O)[C@@H]1O)c1ccc(OCc2ccccc2)cc1. The lowest BCUT2D eigenvalue weighted by molar-refractivity contribution is -0.195. The predicted molar refractivity (Wildman–Crippen MR) is 95.3 cm³/mol. The number of aliphatic hydroxyl groups is 3. The number of esters is 1. The van der Waals surface area contributed by atoms with Gasteiger partial charge in [-0.2, -0.15) is 0 Å². The van der Waals surface area contributed by atoms with Crippen molar-refractivity contribution in [2.45, 2.75) is 31.0 Å². The fourth-order valence-corrected chi connectivity index (χ4v) is 2.75. The van der Waals surface area contributed by atoms with Crippen molar-refractivity contribution in [3.8, 4) is 5.75 Å². The highest BCUT2D eigenvalue weighted by Gasteiger charge is 2.40. The van der Waals surface area contributed by atoms with Crippen LogP contribution in [0.5, 0.6) is 5.75 Å². The Morgan fingerprint density at radius 2 is 1.74 bits per heavy atom. The van der Waals surface area contributed by atoms with Crippen LogP contribution in [0.2, 0.25) is 0 Å². The molecule has 1 aliphatic rings. The molecule has 1 saturated heterocycles. The van der Waals surface area contributed by atoms with Crippen LogP contribution in [0, 0.1) is 0 Å². The first kappa shape index (κ1) is 19.3. The number of ether oxygens (including phenoxy) is 3. The molecule has 1 aliphatic heterocycles. The molecular formula is C20H22O7. The summed E-state index contributed by atoms with van der Waals surface area (Å²) >= 11 is 0. The van der Waals surface area contributed by atoms with Crippen LogP contribution in [0.4, 0.5) is 0 Å². The zero-order chi connectivity index (χ0) is 19.2. The van der Waals surface area contributed by atoms with Crippen LogP contribution in [0.25, 0.3) is 0 Å². The monoisotopic (exact) mass is 374 g/mol. The van der Waals surface area contributed by atoms with Crippen molar-refractivity contribution in [2.24, 2.45) is 0 Å². The summed E-state index contributed by atoms with van der Waals surface area (Å²) in [6.07, 6.45) is -4.55. The number of benzene rings is 2. The summed E-state index contributed by atoms with van der Waals surface area (Å²) < 4.78 is 16.1. The Morgan fingerprint density at radius 3 is 2.41 bits per heavy atom. The predicted octanol–water partition coefficient (Wildman–Crippen LogP) is 0.904. The standard InChI is InChI=1S/C20H22O7/c21-10-16-18(22)19(23)17(12-26-16)27-20(24)14-6-8-15(9-7-14)25-11-13-4-2-1-3-5-13/h1-9,16-19,21-23H,10-12H2/t16-,17+,18-,19-/m1/s1. The summed E-state index contributed by atoms with van der Waals surface area (Å²) in [6, 6.07) is 16.1. The number of rotatable bonds is 6. The minimum atomic E-state index is -1.33. The van der Waals surface area contributed by atoms with Crippen molar-refractivity contribution in [3.05, 3.63) is 65.7 Å². The molecule has 2 aromatic carbocycles. The van der Waals surface area contributed by atoms with E-state index in [0.717, 1.165) is 5.56 Å². The van der Waals surface area contributed by atoms with Crippen LogP contribution in [0.3, 0.4) is 0 Å². The van der Waals surface area contributed by atoms with Gasteiger partial charge >= 0.3 is 5.97 Å². The second kappa shape index (κ2) is 8.96. The Bertz CT molecular complexity index is 732. The highest BCUT2D eigenvalue weighted by Crippen LogP contribution is 2.20. The van der Waals surface area contributed by atoms with Crippen LogP contribution < -0.4 is 4.74 Å². The molecule has 7 nitrogen and oxygen atoms in total. The number of carbonyl (C=O) groups excluding carboxylic acids is 1. The van der Waals surface area contributed by atoms with E-state index in [1.807, 2.05) is 30.3 Å². The second-order valence-electron chi connectivity index (χ2n) is 6.28. The van der Waals surface area contributed by atoms with Gasteiger partial charge in [-0.1, -0.05) is 30.3 Å².